The van der Waals surface area contributed by atoms with Gasteiger partial charge in [-0.05, 0) is 38.1 Å². The summed E-state index contributed by atoms with van der Waals surface area (Å²) in [5.74, 6) is 1.57. The summed E-state index contributed by atoms with van der Waals surface area (Å²) in [6, 6.07) is 7.93. The molecule has 2 aromatic rings. The van der Waals surface area contributed by atoms with Crippen molar-refractivity contribution >= 4 is 18.1 Å². The van der Waals surface area contributed by atoms with E-state index in [4.69, 9.17) is 17.0 Å². The minimum atomic E-state index is 0.243. The molecule has 0 fully saturated rings. The number of aromatic amines is 1. The van der Waals surface area contributed by atoms with Crippen LogP contribution in [0.4, 0.5) is 0 Å². The number of hydrogen-bond acceptors (Lipinski definition) is 6. The molecule has 3 N–H and O–H groups in total. The summed E-state index contributed by atoms with van der Waals surface area (Å²) >= 11 is 5.58. The lowest BCUT2D eigenvalue weighted by Gasteiger charge is -2.22. The van der Waals surface area contributed by atoms with Gasteiger partial charge in [0, 0.05) is 12.2 Å². The molecule has 0 spiro atoms. The molecule has 0 unspecified atom stereocenters. The Morgan fingerprint density at radius 3 is 2.59 bits per heavy atom. The Balaban J connectivity index is 1.97. The van der Waals surface area contributed by atoms with Gasteiger partial charge in [0.1, 0.15) is 10.4 Å². The molecule has 1 aromatic carbocycles. The third-order valence-electron chi connectivity index (χ3n) is 3.42. The van der Waals surface area contributed by atoms with Gasteiger partial charge in [-0.25, -0.2) is 10.2 Å². The van der Waals surface area contributed by atoms with Crippen LogP contribution < -0.4 is 15.8 Å². The van der Waals surface area contributed by atoms with Crippen molar-refractivity contribution in [3.05, 3.63) is 40.7 Å². The average Bonchev–Trinajstić information content (AvgIpc) is 3.13. The van der Waals surface area contributed by atoms with E-state index < -0.39 is 0 Å². The molecule has 3 rings (SSSR count). The van der Waals surface area contributed by atoms with Crippen molar-refractivity contribution in [2.75, 3.05) is 7.11 Å². The first-order valence-electron chi connectivity index (χ1n) is 6.94. The molecule has 0 radical (unpaired) electrons. The second kappa shape index (κ2) is 5.82. The van der Waals surface area contributed by atoms with E-state index in [1.54, 1.807) is 7.11 Å². The van der Waals surface area contributed by atoms with Gasteiger partial charge < -0.3 is 4.74 Å². The van der Waals surface area contributed by atoms with Crippen molar-refractivity contribution < 1.29 is 4.74 Å². The van der Waals surface area contributed by atoms with E-state index in [2.05, 4.69) is 35.1 Å². The summed E-state index contributed by atoms with van der Waals surface area (Å²) in [7, 11) is 1.64. The number of methoxy groups -OCH3 is 1. The van der Waals surface area contributed by atoms with Gasteiger partial charge in [0.05, 0.1) is 18.4 Å². The van der Waals surface area contributed by atoms with Crippen LogP contribution in [-0.4, -0.2) is 33.8 Å². The number of H-pyrrole nitrogens is 1. The molecule has 0 atom stereocenters. The Bertz CT molecular complexity index is 745. The predicted octanol–water partition coefficient (Wildman–Crippen LogP) is 1.94. The molecule has 2 heterocycles. The van der Waals surface area contributed by atoms with Gasteiger partial charge >= 0.3 is 0 Å². The first-order chi connectivity index (χ1) is 10.6. The van der Waals surface area contributed by atoms with Crippen LogP contribution in [0.3, 0.4) is 0 Å². The lowest BCUT2D eigenvalue weighted by Crippen LogP contribution is -2.45. The lowest BCUT2D eigenvalue weighted by molar-refractivity contribution is 0.246. The highest BCUT2D eigenvalue weighted by Crippen LogP contribution is 2.18. The Hall–Kier alpha value is -2.32. The van der Waals surface area contributed by atoms with E-state index in [1.807, 2.05) is 40.2 Å². The van der Waals surface area contributed by atoms with Crippen molar-refractivity contribution in [1.82, 2.24) is 25.9 Å². The molecule has 0 saturated heterocycles. The van der Waals surface area contributed by atoms with Gasteiger partial charge in [-0.2, -0.15) is 0 Å². The molecular formula is C14H18N6OS. The summed E-state index contributed by atoms with van der Waals surface area (Å²) in [5.41, 5.74) is 7.56. The largest absolute Gasteiger partial charge is 0.497 e. The predicted molar refractivity (Wildman–Crippen MR) is 87.3 cm³/mol. The SMILES string of the molecule is COc1ccc(-n2[nH]cc(C3=NNNN3C(C)C)c2=S)cc1. The van der Waals surface area contributed by atoms with Crippen LogP contribution in [0.15, 0.2) is 35.6 Å². The molecule has 0 amide bonds. The monoisotopic (exact) mass is 318 g/mol. The number of hydrazine groups is 2. The maximum absolute atomic E-state index is 5.58. The zero-order chi connectivity index (χ0) is 15.7. The quantitative estimate of drug-likeness (QED) is 0.752. The fourth-order valence-corrected chi connectivity index (χ4v) is 2.56. The Labute approximate surface area is 133 Å². The molecule has 1 aliphatic heterocycles. The van der Waals surface area contributed by atoms with Crippen LogP contribution in [0, 0.1) is 4.64 Å². The molecule has 1 aliphatic rings. The average molecular weight is 318 g/mol. The fourth-order valence-electron chi connectivity index (χ4n) is 2.26. The van der Waals surface area contributed by atoms with Gasteiger partial charge in [-0.1, -0.05) is 12.2 Å². The standard InChI is InChI=1S/C14H18N6OS/c1-9(2)19-13(16-17-18-19)12-8-15-20(14(12)22)10-4-6-11(21-3)7-5-10/h4-9,15,17-18H,1-3H3. The maximum atomic E-state index is 5.58. The Morgan fingerprint density at radius 2 is 1.95 bits per heavy atom. The summed E-state index contributed by atoms with van der Waals surface area (Å²) in [4.78, 5) is 0. The molecule has 0 bridgehead atoms. The fraction of sp³-hybridized carbons (Fsp3) is 0.286. The van der Waals surface area contributed by atoms with Crippen molar-refractivity contribution in [1.29, 1.82) is 0 Å². The maximum Gasteiger partial charge on any atom is 0.177 e. The molecule has 0 saturated carbocycles. The molecule has 8 heteroatoms. The van der Waals surface area contributed by atoms with E-state index in [1.165, 1.54) is 0 Å². The van der Waals surface area contributed by atoms with Crippen molar-refractivity contribution in [2.24, 2.45) is 5.10 Å². The molecule has 1 aromatic heterocycles. The first kappa shape index (κ1) is 14.6. The minimum Gasteiger partial charge on any atom is -0.497 e. The third kappa shape index (κ3) is 2.46. The van der Waals surface area contributed by atoms with E-state index in [-0.39, 0.29) is 6.04 Å². The number of aromatic nitrogens is 2. The normalized spacial score (nSPS) is 14.2. The molecule has 7 nitrogen and oxygen atoms in total. The van der Waals surface area contributed by atoms with Crippen LogP contribution in [0.5, 0.6) is 5.75 Å². The summed E-state index contributed by atoms with van der Waals surface area (Å²) in [5, 5.41) is 9.37. The number of rotatable bonds is 4. The van der Waals surface area contributed by atoms with E-state index >= 15 is 0 Å². The molecule has 22 heavy (non-hydrogen) atoms. The Kier molecular flexibility index (Phi) is 3.86. The smallest absolute Gasteiger partial charge is 0.177 e. The van der Waals surface area contributed by atoms with Gasteiger partial charge in [0.25, 0.3) is 0 Å². The van der Waals surface area contributed by atoms with Crippen LogP contribution in [-0.2, 0) is 0 Å². The topological polar surface area (TPSA) is 69.6 Å². The number of hydrogen-bond donors (Lipinski definition) is 3. The van der Waals surface area contributed by atoms with E-state index in [0.717, 1.165) is 22.8 Å². The highest BCUT2D eigenvalue weighted by atomic mass is 32.1. The number of hydrazone groups is 1. The number of benzene rings is 1. The summed E-state index contributed by atoms with van der Waals surface area (Å²) < 4.78 is 7.68. The van der Waals surface area contributed by atoms with Crippen LogP contribution >= 0.6 is 12.2 Å². The summed E-state index contributed by atoms with van der Waals surface area (Å²) in [6.07, 6.45) is 1.86. The molecule has 116 valence electrons. The third-order valence-corrected chi connectivity index (χ3v) is 3.82. The molecular weight excluding hydrogens is 300 g/mol. The van der Waals surface area contributed by atoms with Crippen LogP contribution in [0.25, 0.3) is 5.69 Å². The number of ether oxygens (including phenoxy) is 1. The summed E-state index contributed by atoms with van der Waals surface area (Å²) in [6.45, 7) is 4.14. The number of nitrogens with zero attached hydrogens (tertiary/aromatic N) is 3. The zero-order valence-corrected chi connectivity index (χ0v) is 13.4. The van der Waals surface area contributed by atoms with Gasteiger partial charge in [0.2, 0.25) is 0 Å². The van der Waals surface area contributed by atoms with Crippen molar-refractivity contribution in [2.45, 2.75) is 19.9 Å². The van der Waals surface area contributed by atoms with Crippen molar-refractivity contribution in [3.63, 3.8) is 0 Å². The van der Waals surface area contributed by atoms with Crippen LogP contribution in [0.2, 0.25) is 0 Å². The zero-order valence-electron chi connectivity index (χ0n) is 12.6. The van der Waals surface area contributed by atoms with Gasteiger partial charge in [-0.15, -0.1) is 10.6 Å². The second-order valence-electron chi connectivity index (χ2n) is 5.15. The van der Waals surface area contributed by atoms with Crippen molar-refractivity contribution in [3.8, 4) is 11.4 Å². The van der Waals surface area contributed by atoms with Gasteiger partial charge in [0.15, 0.2) is 5.84 Å². The Morgan fingerprint density at radius 1 is 1.23 bits per heavy atom. The van der Waals surface area contributed by atoms with Gasteiger partial charge in [-0.3, -0.25) is 10.1 Å². The first-order valence-corrected chi connectivity index (χ1v) is 7.35. The highest BCUT2D eigenvalue weighted by Gasteiger charge is 2.24. The van der Waals surface area contributed by atoms with E-state index in [0.29, 0.717) is 4.64 Å². The lowest BCUT2D eigenvalue weighted by atomic mass is 10.2. The van der Waals surface area contributed by atoms with E-state index in [9.17, 15) is 0 Å². The minimum absolute atomic E-state index is 0.243. The second-order valence-corrected chi connectivity index (χ2v) is 5.54. The highest BCUT2D eigenvalue weighted by molar-refractivity contribution is 7.71. The van der Waals surface area contributed by atoms with Crippen LogP contribution in [0.1, 0.15) is 19.4 Å². The number of nitrogens with one attached hydrogen (secondary N) is 3. The number of amidine groups is 1. The molecule has 0 aliphatic carbocycles.